The summed E-state index contributed by atoms with van der Waals surface area (Å²) in [5, 5.41) is 0. The summed E-state index contributed by atoms with van der Waals surface area (Å²) >= 11 is 1.75. The molecule has 0 aliphatic heterocycles. The van der Waals surface area contributed by atoms with Crippen molar-refractivity contribution in [2.75, 3.05) is 0 Å². The molecule has 0 atom stereocenters. The number of hydrogen-bond donors (Lipinski definition) is 0. The lowest BCUT2D eigenvalue weighted by Crippen LogP contribution is -2.11. The predicted molar refractivity (Wildman–Crippen MR) is 91.6 cm³/mol. The van der Waals surface area contributed by atoms with Crippen LogP contribution in [-0.4, -0.2) is 5.78 Å². The minimum absolute atomic E-state index is 0.127. The summed E-state index contributed by atoms with van der Waals surface area (Å²) in [6, 6.07) is 10.3. The first kappa shape index (κ1) is 16.0. The quantitative estimate of drug-likeness (QED) is 0.696. The number of thiophene rings is 1. The molecule has 1 nitrogen and oxygen atoms in total. The Labute approximate surface area is 132 Å². The summed E-state index contributed by atoms with van der Waals surface area (Å²) in [6.45, 7) is 10.8. The second-order valence-corrected chi connectivity index (χ2v) is 7.93. The summed E-state index contributed by atoms with van der Waals surface area (Å²) in [5.41, 5.74) is 3.52. The molecule has 1 aromatic heterocycles. The van der Waals surface area contributed by atoms with Gasteiger partial charge in [0.05, 0.1) is 0 Å². The van der Waals surface area contributed by atoms with E-state index >= 15 is 0 Å². The van der Waals surface area contributed by atoms with Crippen molar-refractivity contribution in [3.8, 4) is 0 Å². The molecule has 0 aliphatic rings. The van der Waals surface area contributed by atoms with Gasteiger partial charge >= 0.3 is 0 Å². The summed E-state index contributed by atoms with van der Waals surface area (Å²) in [5.74, 6) is 0.215. The van der Waals surface area contributed by atoms with Gasteiger partial charge in [0.1, 0.15) is 0 Å². The van der Waals surface area contributed by atoms with Crippen molar-refractivity contribution in [1.29, 1.82) is 0 Å². The molecule has 0 fully saturated rings. The highest BCUT2D eigenvalue weighted by atomic mass is 32.1. The number of ketones is 1. The minimum Gasteiger partial charge on any atom is -0.294 e. The van der Waals surface area contributed by atoms with Crippen molar-refractivity contribution >= 4 is 17.1 Å². The molecule has 2 aromatic rings. The minimum atomic E-state index is 0.127. The fourth-order valence-electron chi connectivity index (χ4n) is 2.47. The second kappa shape index (κ2) is 6.15. The Morgan fingerprint density at radius 2 is 1.76 bits per heavy atom. The SMILES string of the molecule is CCc1cc(C)sc1CC(=O)c1ccc(C(C)(C)C)cc1. The van der Waals surface area contributed by atoms with Crippen LogP contribution < -0.4 is 0 Å². The lowest BCUT2D eigenvalue weighted by molar-refractivity contribution is 0.0993. The Bertz CT molecular complexity index is 627. The molecule has 21 heavy (non-hydrogen) atoms. The number of carbonyl (C=O) groups excluding carboxylic acids is 1. The van der Waals surface area contributed by atoms with Crippen LogP contribution in [0.15, 0.2) is 30.3 Å². The van der Waals surface area contributed by atoms with Gasteiger partial charge in [0, 0.05) is 21.7 Å². The monoisotopic (exact) mass is 300 g/mol. The van der Waals surface area contributed by atoms with Gasteiger partial charge in [-0.05, 0) is 36.0 Å². The molecule has 1 heterocycles. The molecule has 0 saturated heterocycles. The maximum absolute atomic E-state index is 12.5. The van der Waals surface area contributed by atoms with Crippen LogP contribution in [0.2, 0.25) is 0 Å². The first-order chi connectivity index (χ1) is 9.81. The van der Waals surface area contributed by atoms with Gasteiger partial charge in [0.15, 0.2) is 5.78 Å². The van der Waals surface area contributed by atoms with Crippen molar-refractivity contribution in [2.45, 2.75) is 52.9 Å². The fraction of sp³-hybridized carbons (Fsp3) is 0.421. The van der Waals surface area contributed by atoms with Crippen LogP contribution in [0, 0.1) is 6.92 Å². The van der Waals surface area contributed by atoms with E-state index in [4.69, 9.17) is 0 Å². The van der Waals surface area contributed by atoms with E-state index in [1.54, 1.807) is 11.3 Å². The van der Waals surface area contributed by atoms with E-state index < -0.39 is 0 Å². The molecule has 0 radical (unpaired) electrons. The molecule has 112 valence electrons. The largest absolute Gasteiger partial charge is 0.294 e. The van der Waals surface area contributed by atoms with E-state index in [1.165, 1.54) is 20.9 Å². The summed E-state index contributed by atoms with van der Waals surface area (Å²) in [4.78, 5) is 15.0. The Morgan fingerprint density at radius 3 is 2.29 bits per heavy atom. The van der Waals surface area contributed by atoms with Crippen LogP contribution in [0.5, 0.6) is 0 Å². The summed E-state index contributed by atoms with van der Waals surface area (Å²) in [7, 11) is 0. The van der Waals surface area contributed by atoms with E-state index in [-0.39, 0.29) is 11.2 Å². The smallest absolute Gasteiger partial charge is 0.168 e. The van der Waals surface area contributed by atoms with Gasteiger partial charge in [0.2, 0.25) is 0 Å². The van der Waals surface area contributed by atoms with Gasteiger partial charge in [-0.15, -0.1) is 11.3 Å². The molecule has 2 heteroatoms. The van der Waals surface area contributed by atoms with E-state index in [0.29, 0.717) is 6.42 Å². The molecule has 0 unspecified atom stereocenters. The third kappa shape index (κ3) is 3.82. The lowest BCUT2D eigenvalue weighted by atomic mass is 9.86. The number of hydrogen-bond acceptors (Lipinski definition) is 2. The molecule has 0 amide bonds. The lowest BCUT2D eigenvalue weighted by Gasteiger charge is -2.19. The molecular weight excluding hydrogens is 276 g/mol. The fourth-order valence-corrected chi connectivity index (χ4v) is 3.60. The van der Waals surface area contributed by atoms with Crippen molar-refractivity contribution in [2.24, 2.45) is 0 Å². The third-order valence-electron chi connectivity index (χ3n) is 3.79. The van der Waals surface area contributed by atoms with E-state index in [9.17, 15) is 4.79 Å². The summed E-state index contributed by atoms with van der Waals surface area (Å²) < 4.78 is 0. The third-order valence-corrected chi connectivity index (χ3v) is 4.89. The van der Waals surface area contributed by atoms with Crippen LogP contribution in [0.3, 0.4) is 0 Å². The van der Waals surface area contributed by atoms with Crippen LogP contribution in [0.1, 0.15) is 58.9 Å². The molecule has 2 rings (SSSR count). The van der Waals surface area contributed by atoms with Crippen LogP contribution in [0.25, 0.3) is 0 Å². The van der Waals surface area contributed by atoms with Crippen LogP contribution >= 0.6 is 11.3 Å². The Balaban J connectivity index is 2.17. The maximum Gasteiger partial charge on any atom is 0.168 e. The van der Waals surface area contributed by atoms with Crippen molar-refractivity contribution < 1.29 is 4.79 Å². The maximum atomic E-state index is 12.5. The van der Waals surface area contributed by atoms with Crippen LogP contribution in [0.4, 0.5) is 0 Å². The number of Topliss-reactive ketones (excluding diaryl/α,β-unsaturated/α-hetero) is 1. The molecule has 0 bridgehead atoms. The van der Waals surface area contributed by atoms with E-state index in [2.05, 4.69) is 52.8 Å². The Hall–Kier alpha value is -1.41. The van der Waals surface area contributed by atoms with Crippen molar-refractivity contribution in [3.63, 3.8) is 0 Å². The topological polar surface area (TPSA) is 17.1 Å². The number of rotatable bonds is 4. The molecule has 0 aliphatic carbocycles. The van der Waals surface area contributed by atoms with E-state index in [1.807, 2.05) is 12.1 Å². The zero-order valence-electron chi connectivity index (χ0n) is 13.6. The average molecular weight is 300 g/mol. The molecule has 0 spiro atoms. The standard InChI is InChI=1S/C19H24OS/c1-6-14-11-13(2)21-18(14)12-17(20)15-7-9-16(10-8-15)19(3,4)5/h7-11H,6,12H2,1-5H3. The van der Waals surface area contributed by atoms with Gasteiger partial charge in [-0.25, -0.2) is 0 Å². The highest BCUT2D eigenvalue weighted by Crippen LogP contribution is 2.25. The molecule has 0 N–H and O–H groups in total. The molecule has 1 aromatic carbocycles. The first-order valence-corrected chi connectivity index (χ1v) is 8.35. The number of benzene rings is 1. The second-order valence-electron chi connectivity index (χ2n) is 6.59. The zero-order valence-corrected chi connectivity index (χ0v) is 14.4. The number of carbonyl (C=O) groups is 1. The van der Waals surface area contributed by atoms with Crippen molar-refractivity contribution in [1.82, 2.24) is 0 Å². The zero-order chi connectivity index (χ0) is 15.6. The van der Waals surface area contributed by atoms with Gasteiger partial charge in [-0.3, -0.25) is 4.79 Å². The van der Waals surface area contributed by atoms with Gasteiger partial charge in [0.25, 0.3) is 0 Å². The normalized spacial score (nSPS) is 11.7. The predicted octanol–water partition coefficient (Wildman–Crippen LogP) is 5.34. The number of aryl methyl sites for hydroxylation is 2. The Kier molecular flexibility index (Phi) is 4.67. The highest BCUT2D eigenvalue weighted by Gasteiger charge is 2.15. The first-order valence-electron chi connectivity index (χ1n) is 7.53. The highest BCUT2D eigenvalue weighted by molar-refractivity contribution is 7.12. The Morgan fingerprint density at radius 1 is 1.14 bits per heavy atom. The van der Waals surface area contributed by atoms with Gasteiger partial charge in [-0.2, -0.15) is 0 Å². The average Bonchev–Trinajstić information content (AvgIpc) is 2.78. The van der Waals surface area contributed by atoms with Gasteiger partial charge < -0.3 is 0 Å². The summed E-state index contributed by atoms with van der Waals surface area (Å²) in [6.07, 6.45) is 1.52. The molecule has 0 saturated carbocycles. The van der Waals surface area contributed by atoms with Crippen molar-refractivity contribution in [3.05, 3.63) is 56.8 Å². The molecular formula is C19H24OS. The van der Waals surface area contributed by atoms with Gasteiger partial charge in [-0.1, -0.05) is 52.0 Å². The van der Waals surface area contributed by atoms with Crippen LogP contribution in [-0.2, 0) is 18.3 Å². The van der Waals surface area contributed by atoms with E-state index in [0.717, 1.165) is 12.0 Å².